The summed E-state index contributed by atoms with van der Waals surface area (Å²) in [5, 5.41) is 12.0. The first-order valence-corrected chi connectivity index (χ1v) is 15.0. The van der Waals surface area contributed by atoms with Gasteiger partial charge in [-0.2, -0.15) is 0 Å². The van der Waals surface area contributed by atoms with E-state index >= 15 is 0 Å². The maximum atomic E-state index is 13.3. The number of hydrogen-bond acceptors (Lipinski definition) is 8. The summed E-state index contributed by atoms with van der Waals surface area (Å²) < 4.78 is 18.3. The third-order valence-corrected chi connectivity index (χ3v) is 8.11. The molecule has 0 radical (unpaired) electrons. The second-order valence-electron chi connectivity index (χ2n) is 11.5. The van der Waals surface area contributed by atoms with Crippen LogP contribution in [0.15, 0.2) is 91.5 Å². The lowest BCUT2D eigenvalue weighted by molar-refractivity contribution is -0.275. The Morgan fingerprint density at radius 3 is 2.51 bits per heavy atom. The fraction of sp³-hybridized carbons (Fsp3) is 0.343. The van der Waals surface area contributed by atoms with Crippen LogP contribution in [-0.2, 0) is 37.0 Å². The van der Waals surface area contributed by atoms with Crippen LogP contribution in [0.2, 0.25) is 0 Å². The summed E-state index contributed by atoms with van der Waals surface area (Å²) in [5.41, 5.74) is 3.58. The van der Waals surface area contributed by atoms with Gasteiger partial charge in [-0.1, -0.05) is 79.7 Å². The van der Waals surface area contributed by atoms with Crippen molar-refractivity contribution in [3.05, 3.63) is 114 Å². The number of nitrogens with one attached hydrogen (secondary N) is 1. The molecule has 2 aliphatic heterocycles. The van der Waals surface area contributed by atoms with E-state index in [1.165, 1.54) is 0 Å². The summed E-state index contributed by atoms with van der Waals surface area (Å²) in [4.78, 5) is 42.0. The van der Waals surface area contributed by atoms with Gasteiger partial charge in [0.15, 0.2) is 6.29 Å². The predicted molar refractivity (Wildman–Crippen MR) is 168 cm³/mol. The topological polar surface area (TPSA) is 118 Å². The number of nitrogens with zero attached hydrogens (tertiary/aromatic N) is 2. The standard InChI is InChI=1S/C35H39N3O7/c1-4-17-37(3)20-30-23(2)32(26-15-13-24(21-39)14-16-26)45-34(44-30)27-11-8-12-28(18-27)38-31(40)19-29(33(38)41)36-35(42)43-22-25-9-6-5-7-10-25/h4-16,18,23,29-30,32,34,39H,1,17,19-22H2,2-3H3,(H,36,42)/t23-,29?,30+,32+,34+/m1/s1. The van der Waals surface area contributed by atoms with Gasteiger partial charge in [-0.05, 0) is 35.9 Å². The number of ether oxygens (including phenoxy) is 3. The predicted octanol–water partition coefficient (Wildman–Crippen LogP) is 4.65. The number of carbonyl (C=O) groups is 3. The van der Waals surface area contributed by atoms with Gasteiger partial charge in [0.1, 0.15) is 12.6 Å². The molecular weight excluding hydrogens is 574 g/mol. The normalized spacial score (nSPS) is 23.3. The van der Waals surface area contributed by atoms with E-state index in [0.29, 0.717) is 24.3 Å². The zero-order chi connectivity index (χ0) is 31.9. The van der Waals surface area contributed by atoms with Gasteiger partial charge in [0.25, 0.3) is 5.91 Å². The highest BCUT2D eigenvalue weighted by Gasteiger charge is 2.42. The monoisotopic (exact) mass is 613 g/mol. The number of amides is 3. The van der Waals surface area contributed by atoms with E-state index in [1.807, 2.05) is 73.8 Å². The number of aliphatic hydroxyl groups excluding tert-OH is 1. The number of rotatable bonds is 11. The fourth-order valence-corrected chi connectivity index (χ4v) is 5.66. The molecule has 5 rings (SSSR count). The number of carbonyl (C=O) groups excluding carboxylic acids is 3. The van der Waals surface area contributed by atoms with Crippen molar-refractivity contribution in [3.8, 4) is 0 Å². The fourth-order valence-electron chi connectivity index (χ4n) is 5.66. The van der Waals surface area contributed by atoms with E-state index in [-0.39, 0.29) is 37.8 Å². The van der Waals surface area contributed by atoms with Gasteiger partial charge in [-0.15, -0.1) is 6.58 Å². The number of likely N-dealkylation sites (N-methyl/N-ethyl adjacent to an activating group) is 1. The smallest absolute Gasteiger partial charge is 0.408 e. The van der Waals surface area contributed by atoms with Crippen molar-refractivity contribution >= 4 is 23.6 Å². The van der Waals surface area contributed by atoms with Crippen LogP contribution >= 0.6 is 0 Å². The van der Waals surface area contributed by atoms with Crippen LogP contribution < -0.4 is 10.2 Å². The van der Waals surface area contributed by atoms with Crippen LogP contribution in [0, 0.1) is 5.92 Å². The largest absolute Gasteiger partial charge is 0.445 e. The molecule has 3 amide bonds. The molecule has 0 saturated carbocycles. The van der Waals surface area contributed by atoms with E-state index in [0.717, 1.165) is 21.6 Å². The quantitative estimate of drug-likeness (QED) is 0.237. The molecule has 2 fully saturated rings. The molecule has 2 N–H and O–H groups in total. The van der Waals surface area contributed by atoms with Crippen molar-refractivity contribution in [2.45, 2.75) is 51.1 Å². The molecule has 2 aliphatic rings. The van der Waals surface area contributed by atoms with Gasteiger partial charge in [-0.3, -0.25) is 9.59 Å². The average Bonchev–Trinajstić information content (AvgIpc) is 3.33. The second-order valence-corrected chi connectivity index (χ2v) is 11.5. The highest BCUT2D eigenvalue weighted by molar-refractivity contribution is 6.22. The van der Waals surface area contributed by atoms with Crippen molar-refractivity contribution in [2.24, 2.45) is 5.92 Å². The Hall–Kier alpha value is -4.35. The van der Waals surface area contributed by atoms with Gasteiger partial charge in [0.2, 0.25) is 5.91 Å². The van der Waals surface area contributed by atoms with E-state index in [9.17, 15) is 19.5 Å². The second kappa shape index (κ2) is 14.6. The molecule has 0 spiro atoms. The Kier molecular flexibility index (Phi) is 10.4. The Balaban J connectivity index is 1.32. The molecule has 3 aromatic carbocycles. The van der Waals surface area contributed by atoms with E-state index < -0.39 is 30.2 Å². The number of benzene rings is 3. The highest BCUT2D eigenvalue weighted by atomic mass is 16.7. The lowest BCUT2D eigenvalue weighted by atomic mass is 9.90. The molecule has 3 aromatic rings. The van der Waals surface area contributed by atoms with Crippen LogP contribution in [0.5, 0.6) is 0 Å². The average molecular weight is 614 g/mol. The molecule has 45 heavy (non-hydrogen) atoms. The summed E-state index contributed by atoms with van der Waals surface area (Å²) in [6, 6.07) is 22.8. The highest BCUT2D eigenvalue weighted by Crippen LogP contribution is 2.42. The minimum atomic E-state index is -1.04. The molecule has 0 aliphatic carbocycles. The molecule has 0 bridgehead atoms. The minimum absolute atomic E-state index is 0.00751. The molecule has 2 saturated heterocycles. The third kappa shape index (κ3) is 7.66. The molecule has 10 heteroatoms. The lowest BCUT2D eigenvalue weighted by Crippen LogP contribution is -2.43. The zero-order valence-corrected chi connectivity index (χ0v) is 25.5. The maximum Gasteiger partial charge on any atom is 0.408 e. The summed E-state index contributed by atoms with van der Waals surface area (Å²) in [6.45, 7) is 7.25. The van der Waals surface area contributed by atoms with Gasteiger partial charge in [0, 0.05) is 24.6 Å². The number of imide groups is 1. The van der Waals surface area contributed by atoms with E-state index in [1.54, 1.807) is 18.2 Å². The molecule has 0 aromatic heterocycles. The van der Waals surface area contributed by atoms with Gasteiger partial charge < -0.3 is 29.5 Å². The van der Waals surface area contributed by atoms with Crippen LogP contribution in [0.3, 0.4) is 0 Å². The first-order valence-electron chi connectivity index (χ1n) is 15.0. The third-order valence-electron chi connectivity index (χ3n) is 8.11. The number of anilines is 1. The van der Waals surface area contributed by atoms with Gasteiger partial charge in [-0.25, -0.2) is 9.69 Å². The summed E-state index contributed by atoms with van der Waals surface area (Å²) in [6.07, 6.45) is -0.408. The van der Waals surface area contributed by atoms with Crippen molar-refractivity contribution in [1.29, 1.82) is 0 Å². The van der Waals surface area contributed by atoms with E-state index in [4.69, 9.17) is 14.2 Å². The molecule has 2 heterocycles. The molecule has 236 valence electrons. The summed E-state index contributed by atoms with van der Waals surface area (Å²) in [5.74, 6) is -0.985. The van der Waals surface area contributed by atoms with Crippen LogP contribution in [-0.4, -0.2) is 60.2 Å². The van der Waals surface area contributed by atoms with Gasteiger partial charge in [0.05, 0.1) is 30.9 Å². The van der Waals surface area contributed by atoms with Crippen LogP contribution in [0.1, 0.15) is 48.0 Å². The van der Waals surface area contributed by atoms with Gasteiger partial charge >= 0.3 is 6.09 Å². The minimum Gasteiger partial charge on any atom is -0.445 e. The Bertz CT molecular complexity index is 1500. The molecular formula is C35H39N3O7. The molecule has 1 unspecified atom stereocenters. The molecule has 5 atom stereocenters. The number of alkyl carbamates (subject to hydrolysis) is 1. The molecule has 10 nitrogen and oxygen atoms in total. The van der Waals surface area contributed by atoms with E-state index in [2.05, 4.69) is 23.7 Å². The first-order chi connectivity index (χ1) is 21.8. The number of hydrogen-bond donors (Lipinski definition) is 2. The van der Waals surface area contributed by atoms with Crippen LogP contribution in [0.4, 0.5) is 10.5 Å². The Morgan fingerprint density at radius 1 is 1.04 bits per heavy atom. The first kappa shape index (κ1) is 32.1. The van der Waals surface area contributed by atoms with Crippen molar-refractivity contribution in [1.82, 2.24) is 10.2 Å². The van der Waals surface area contributed by atoms with Crippen molar-refractivity contribution in [2.75, 3.05) is 25.0 Å². The van der Waals surface area contributed by atoms with Crippen molar-refractivity contribution < 1.29 is 33.7 Å². The maximum absolute atomic E-state index is 13.3. The Labute approximate surface area is 263 Å². The summed E-state index contributed by atoms with van der Waals surface area (Å²) >= 11 is 0. The SMILES string of the molecule is C=CCN(C)C[C@@H]1O[C@H](c2cccc(N3C(=O)CC(NC(=O)OCc4ccccc4)C3=O)c2)O[C@H](c2ccc(CO)cc2)[C@@H]1C. The zero-order valence-electron chi connectivity index (χ0n) is 25.5. The van der Waals surface area contributed by atoms with Crippen LogP contribution in [0.25, 0.3) is 0 Å². The number of aliphatic hydroxyl groups is 1. The Morgan fingerprint density at radius 2 is 1.80 bits per heavy atom. The summed E-state index contributed by atoms with van der Waals surface area (Å²) in [7, 11) is 2.00. The van der Waals surface area contributed by atoms with Crippen molar-refractivity contribution in [3.63, 3.8) is 0 Å². The lowest BCUT2D eigenvalue weighted by Gasteiger charge is -2.42.